The topological polar surface area (TPSA) is 108 Å². The van der Waals surface area contributed by atoms with Crippen LogP contribution in [-0.2, 0) is 16.4 Å². The second-order valence-electron chi connectivity index (χ2n) is 8.27. The molecule has 4 N–H and O–H groups in total. The van der Waals surface area contributed by atoms with Crippen molar-refractivity contribution in [1.82, 2.24) is 15.0 Å². The summed E-state index contributed by atoms with van der Waals surface area (Å²) >= 11 is 0. The minimum absolute atomic E-state index is 0.0907. The standard InChI is InChI=1S/C10H7F3N2.C8H9N3O.C6H12/c11-10(12,13)9-5-7(14)6-3-1-2-4-8(6)15-9;9-7(12)8(1-2-8)6-5-10-3-4-11-6;1-2-4-6-5-3-1/h1-5H,(H2,14,15);3-5H,1-2H2,(H2,9,12);1-6H2. The molecule has 176 valence electrons. The lowest BCUT2D eigenvalue weighted by Gasteiger charge is -2.08. The lowest BCUT2D eigenvalue weighted by atomic mass is 10.0. The Morgan fingerprint density at radius 2 is 1.58 bits per heavy atom. The number of benzene rings is 1. The van der Waals surface area contributed by atoms with Crippen molar-refractivity contribution < 1.29 is 18.0 Å². The van der Waals surface area contributed by atoms with Crippen molar-refractivity contribution in [1.29, 1.82) is 0 Å². The molecule has 0 bridgehead atoms. The van der Waals surface area contributed by atoms with Gasteiger partial charge >= 0.3 is 6.18 Å². The Hall–Kier alpha value is -3.23. The van der Waals surface area contributed by atoms with Crippen molar-refractivity contribution in [2.24, 2.45) is 5.73 Å². The van der Waals surface area contributed by atoms with E-state index in [0.717, 1.165) is 18.9 Å². The third kappa shape index (κ3) is 6.40. The highest BCUT2D eigenvalue weighted by atomic mass is 19.4. The number of carbonyl (C=O) groups excluding carboxylic acids is 1. The molecule has 2 aliphatic carbocycles. The van der Waals surface area contributed by atoms with Crippen LogP contribution in [0.4, 0.5) is 18.9 Å². The quantitative estimate of drug-likeness (QED) is 0.550. The normalized spacial score (nSPS) is 16.6. The van der Waals surface area contributed by atoms with Gasteiger partial charge in [-0.2, -0.15) is 13.2 Å². The van der Waals surface area contributed by atoms with Crippen LogP contribution in [0.15, 0.2) is 48.9 Å². The summed E-state index contributed by atoms with van der Waals surface area (Å²) in [6, 6.07) is 7.31. The number of nitrogens with two attached hydrogens (primary N) is 2. The van der Waals surface area contributed by atoms with E-state index in [2.05, 4.69) is 15.0 Å². The molecule has 0 aliphatic heterocycles. The Bertz CT molecular complexity index is 1050. The molecule has 0 saturated heterocycles. The molecule has 33 heavy (non-hydrogen) atoms. The molecule has 0 spiro atoms. The van der Waals surface area contributed by atoms with Gasteiger partial charge in [0.1, 0.15) is 5.69 Å². The molecule has 2 aliphatic rings. The maximum absolute atomic E-state index is 12.4. The van der Waals surface area contributed by atoms with Gasteiger partial charge < -0.3 is 11.5 Å². The number of primary amides is 1. The smallest absolute Gasteiger partial charge is 0.398 e. The number of nitrogens with zero attached hydrogens (tertiary/aromatic N) is 3. The summed E-state index contributed by atoms with van der Waals surface area (Å²) in [5.41, 5.74) is 10.4. The summed E-state index contributed by atoms with van der Waals surface area (Å²) in [4.78, 5) is 22.5. The van der Waals surface area contributed by atoms with Gasteiger partial charge in [-0.25, -0.2) is 4.98 Å². The van der Waals surface area contributed by atoms with Gasteiger partial charge in [0.25, 0.3) is 0 Å². The number of para-hydroxylation sites is 1. The summed E-state index contributed by atoms with van der Waals surface area (Å²) in [6.07, 6.45) is 10.9. The van der Waals surface area contributed by atoms with Crippen molar-refractivity contribution >= 4 is 22.5 Å². The first-order valence-electron chi connectivity index (χ1n) is 11.0. The van der Waals surface area contributed by atoms with Crippen LogP contribution >= 0.6 is 0 Å². The number of rotatable bonds is 2. The predicted molar refractivity (Wildman–Crippen MR) is 121 cm³/mol. The van der Waals surface area contributed by atoms with Gasteiger partial charge in [0.15, 0.2) is 0 Å². The third-order valence-corrected chi connectivity index (χ3v) is 5.81. The van der Waals surface area contributed by atoms with E-state index in [1.54, 1.807) is 36.8 Å². The number of fused-ring (bicyclic) bond motifs is 1. The minimum atomic E-state index is -4.46. The highest BCUT2D eigenvalue weighted by molar-refractivity contribution is 5.90. The zero-order valence-electron chi connectivity index (χ0n) is 18.3. The van der Waals surface area contributed by atoms with Crippen LogP contribution in [0.25, 0.3) is 10.9 Å². The first-order valence-corrected chi connectivity index (χ1v) is 11.0. The van der Waals surface area contributed by atoms with Crippen molar-refractivity contribution in [3.63, 3.8) is 0 Å². The van der Waals surface area contributed by atoms with Crippen LogP contribution in [0.2, 0.25) is 0 Å². The number of halogens is 3. The molecule has 3 aromatic rings. The molecule has 2 aromatic heterocycles. The molecular formula is C24H28F3N5O. The summed E-state index contributed by atoms with van der Waals surface area (Å²) in [5.74, 6) is -0.289. The van der Waals surface area contributed by atoms with Crippen LogP contribution in [-0.4, -0.2) is 20.9 Å². The summed E-state index contributed by atoms with van der Waals surface area (Å²) in [6.45, 7) is 0. The second kappa shape index (κ2) is 10.6. The third-order valence-electron chi connectivity index (χ3n) is 5.81. The van der Waals surface area contributed by atoms with Crippen LogP contribution in [0.1, 0.15) is 62.8 Å². The number of hydrogen-bond acceptors (Lipinski definition) is 5. The number of hydrogen-bond donors (Lipinski definition) is 2. The average Bonchev–Trinajstić information content (AvgIpc) is 3.64. The molecule has 5 rings (SSSR count). The van der Waals surface area contributed by atoms with Crippen LogP contribution in [0.5, 0.6) is 0 Å². The van der Waals surface area contributed by atoms with E-state index >= 15 is 0 Å². The maximum atomic E-state index is 12.4. The highest BCUT2D eigenvalue weighted by Crippen LogP contribution is 2.46. The van der Waals surface area contributed by atoms with Gasteiger partial charge in [-0.3, -0.25) is 14.8 Å². The van der Waals surface area contributed by atoms with E-state index in [4.69, 9.17) is 11.5 Å². The fraction of sp³-hybridized carbons (Fsp3) is 0.417. The van der Waals surface area contributed by atoms with E-state index in [0.29, 0.717) is 11.1 Å². The Morgan fingerprint density at radius 1 is 0.970 bits per heavy atom. The molecule has 6 nitrogen and oxygen atoms in total. The molecular weight excluding hydrogens is 431 g/mol. The number of alkyl halides is 3. The van der Waals surface area contributed by atoms with E-state index in [1.165, 1.54) is 44.6 Å². The number of pyridine rings is 1. The van der Waals surface area contributed by atoms with Crippen molar-refractivity contribution in [2.75, 3.05) is 5.73 Å². The lowest BCUT2D eigenvalue weighted by molar-refractivity contribution is -0.140. The molecule has 2 fully saturated rings. The highest BCUT2D eigenvalue weighted by Gasteiger charge is 2.51. The van der Waals surface area contributed by atoms with Gasteiger partial charge in [-0.05, 0) is 25.0 Å². The lowest BCUT2D eigenvalue weighted by Crippen LogP contribution is -2.29. The Labute approximate surface area is 190 Å². The van der Waals surface area contributed by atoms with Gasteiger partial charge in [-0.15, -0.1) is 0 Å². The number of anilines is 1. The minimum Gasteiger partial charge on any atom is -0.398 e. The van der Waals surface area contributed by atoms with E-state index in [-0.39, 0.29) is 17.1 Å². The fourth-order valence-corrected chi connectivity index (χ4v) is 3.71. The van der Waals surface area contributed by atoms with Gasteiger partial charge in [0, 0.05) is 29.7 Å². The van der Waals surface area contributed by atoms with Gasteiger partial charge in [-0.1, -0.05) is 56.7 Å². The molecule has 1 aromatic carbocycles. The monoisotopic (exact) mass is 459 g/mol. The molecule has 0 radical (unpaired) electrons. The van der Waals surface area contributed by atoms with Gasteiger partial charge in [0.2, 0.25) is 5.91 Å². The van der Waals surface area contributed by atoms with Gasteiger partial charge in [0.05, 0.1) is 16.6 Å². The Morgan fingerprint density at radius 3 is 2.06 bits per heavy atom. The zero-order valence-corrected chi connectivity index (χ0v) is 18.3. The fourth-order valence-electron chi connectivity index (χ4n) is 3.71. The van der Waals surface area contributed by atoms with Crippen molar-refractivity contribution in [3.05, 3.63) is 60.3 Å². The summed E-state index contributed by atoms with van der Waals surface area (Å²) < 4.78 is 37.1. The maximum Gasteiger partial charge on any atom is 0.433 e. The van der Waals surface area contributed by atoms with Crippen LogP contribution in [0.3, 0.4) is 0 Å². The summed E-state index contributed by atoms with van der Waals surface area (Å²) in [5, 5.41) is 0.533. The van der Waals surface area contributed by atoms with E-state index < -0.39 is 17.3 Å². The molecule has 1 amide bonds. The van der Waals surface area contributed by atoms with Crippen molar-refractivity contribution in [3.8, 4) is 0 Å². The first-order chi connectivity index (χ1) is 15.7. The molecule has 9 heteroatoms. The second-order valence-corrected chi connectivity index (χ2v) is 8.27. The number of carbonyl (C=O) groups is 1. The predicted octanol–water partition coefficient (Wildman–Crippen LogP) is 5.17. The largest absolute Gasteiger partial charge is 0.433 e. The van der Waals surface area contributed by atoms with Crippen LogP contribution < -0.4 is 11.5 Å². The van der Waals surface area contributed by atoms with E-state index in [1.807, 2.05) is 0 Å². The Balaban J connectivity index is 0.000000151. The zero-order chi connectivity index (χ0) is 23.9. The Kier molecular flexibility index (Phi) is 7.84. The van der Waals surface area contributed by atoms with E-state index in [9.17, 15) is 18.0 Å². The number of aromatic nitrogens is 3. The van der Waals surface area contributed by atoms with Crippen molar-refractivity contribution in [2.45, 2.75) is 63.0 Å². The SMILES string of the molecule is C1CCCCC1.NC(=O)C1(c2cnccn2)CC1.Nc1cc(C(F)(F)F)nc2ccccc12. The number of nitrogen functional groups attached to an aromatic ring is 1. The molecule has 0 unspecified atom stereocenters. The van der Waals surface area contributed by atoms with Crippen LogP contribution in [0, 0.1) is 0 Å². The summed E-state index contributed by atoms with van der Waals surface area (Å²) in [7, 11) is 0. The molecule has 2 heterocycles. The average molecular weight is 460 g/mol. The first kappa shape index (κ1) is 24.4. The molecule has 0 atom stereocenters. The number of amides is 1. The molecule has 2 saturated carbocycles.